The molecule has 1 saturated heterocycles. The molecule has 158 valence electrons. The third-order valence-corrected chi connectivity index (χ3v) is 6.92. The van der Waals surface area contributed by atoms with Gasteiger partial charge >= 0.3 is 0 Å². The molecule has 1 aromatic heterocycles. The Morgan fingerprint density at radius 2 is 2.03 bits per heavy atom. The number of aliphatic hydroxyl groups excluding tert-OH is 1. The zero-order chi connectivity index (χ0) is 20.4. The average Bonchev–Trinajstić information content (AvgIpc) is 2.82. The van der Waals surface area contributed by atoms with Crippen molar-refractivity contribution in [2.45, 2.75) is 64.5 Å². The second-order valence-electron chi connectivity index (χ2n) is 8.95. The first-order valence-corrected chi connectivity index (χ1v) is 11.2. The van der Waals surface area contributed by atoms with Crippen molar-refractivity contribution in [1.82, 2.24) is 4.57 Å². The summed E-state index contributed by atoms with van der Waals surface area (Å²) in [6, 6.07) is 5.69. The van der Waals surface area contributed by atoms with Crippen molar-refractivity contribution in [2.75, 3.05) is 18.5 Å². The molecule has 4 rings (SSSR count). The molecule has 0 bridgehead atoms. The van der Waals surface area contributed by atoms with Gasteiger partial charge in [-0.3, -0.25) is 4.79 Å². The molecule has 1 saturated carbocycles. The highest BCUT2D eigenvalue weighted by molar-refractivity contribution is 6.36. The van der Waals surface area contributed by atoms with Crippen LogP contribution in [0.5, 0.6) is 0 Å². The SMILES string of the molecule is CC(O)Cn1cc(NC(=O)CC2(C3CCCCCC3)COC2)c2c(Cl)cccc21. The third-order valence-electron chi connectivity index (χ3n) is 6.60. The zero-order valence-corrected chi connectivity index (χ0v) is 17.9. The Hall–Kier alpha value is -1.56. The lowest BCUT2D eigenvalue weighted by atomic mass is 9.68. The van der Waals surface area contributed by atoms with Gasteiger partial charge in [-0.1, -0.05) is 43.4 Å². The fourth-order valence-electron chi connectivity index (χ4n) is 5.09. The van der Waals surface area contributed by atoms with Crippen LogP contribution in [0.4, 0.5) is 5.69 Å². The summed E-state index contributed by atoms with van der Waals surface area (Å²) in [5.41, 5.74) is 1.61. The lowest BCUT2D eigenvalue weighted by molar-refractivity contribution is -0.160. The molecule has 6 heteroatoms. The summed E-state index contributed by atoms with van der Waals surface area (Å²) in [5.74, 6) is 0.596. The van der Waals surface area contributed by atoms with Gasteiger partial charge in [-0.25, -0.2) is 0 Å². The van der Waals surface area contributed by atoms with Crippen molar-refractivity contribution in [3.05, 3.63) is 29.4 Å². The Morgan fingerprint density at radius 3 is 2.66 bits per heavy atom. The number of aliphatic hydroxyl groups is 1. The first-order valence-electron chi connectivity index (χ1n) is 10.8. The van der Waals surface area contributed by atoms with E-state index in [1.54, 1.807) is 6.92 Å². The topological polar surface area (TPSA) is 63.5 Å². The largest absolute Gasteiger partial charge is 0.392 e. The highest BCUT2D eigenvalue weighted by Crippen LogP contribution is 2.46. The van der Waals surface area contributed by atoms with Gasteiger partial charge in [-0.2, -0.15) is 0 Å². The first-order chi connectivity index (χ1) is 14.0. The number of nitrogens with zero attached hydrogens (tertiary/aromatic N) is 1. The van der Waals surface area contributed by atoms with Crippen molar-refractivity contribution in [2.24, 2.45) is 11.3 Å². The van der Waals surface area contributed by atoms with Crippen LogP contribution in [0.15, 0.2) is 24.4 Å². The standard InChI is InChI=1S/C23H31ClN2O3/c1-16(27)12-26-13-19(22-18(24)9-6-10-20(22)26)25-21(28)11-23(14-29-15-23)17-7-4-2-3-5-8-17/h6,9-10,13,16-17,27H,2-5,7-8,11-12,14-15H2,1H3,(H,25,28). The molecule has 1 aromatic carbocycles. The predicted octanol–water partition coefficient (Wildman–Crippen LogP) is 4.99. The van der Waals surface area contributed by atoms with Crippen LogP contribution in [0.1, 0.15) is 51.9 Å². The maximum Gasteiger partial charge on any atom is 0.225 e. The number of anilines is 1. The van der Waals surface area contributed by atoms with E-state index in [9.17, 15) is 9.90 Å². The number of hydrogen-bond acceptors (Lipinski definition) is 3. The molecule has 2 N–H and O–H groups in total. The molecule has 29 heavy (non-hydrogen) atoms. The quantitative estimate of drug-likeness (QED) is 0.649. The fraction of sp³-hybridized carbons (Fsp3) is 0.609. The molecule has 0 radical (unpaired) electrons. The minimum absolute atomic E-state index is 0.0177. The van der Waals surface area contributed by atoms with E-state index in [1.165, 1.54) is 38.5 Å². The Balaban J connectivity index is 1.54. The van der Waals surface area contributed by atoms with E-state index in [1.807, 2.05) is 29.0 Å². The molecule has 2 fully saturated rings. The molecule has 2 aliphatic rings. The minimum Gasteiger partial charge on any atom is -0.392 e. The maximum atomic E-state index is 13.1. The van der Waals surface area contributed by atoms with Gasteiger partial charge in [-0.15, -0.1) is 0 Å². The van der Waals surface area contributed by atoms with E-state index in [2.05, 4.69) is 5.32 Å². The van der Waals surface area contributed by atoms with Gasteiger partial charge in [-0.05, 0) is 37.8 Å². The van der Waals surface area contributed by atoms with Crippen molar-refractivity contribution in [1.29, 1.82) is 0 Å². The first kappa shape index (κ1) is 20.7. The minimum atomic E-state index is -0.487. The summed E-state index contributed by atoms with van der Waals surface area (Å²) in [6.45, 7) is 3.58. The van der Waals surface area contributed by atoms with Gasteiger partial charge in [0.2, 0.25) is 5.91 Å². The average molecular weight is 419 g/mol. The van der Waals surface area contributed by atoms with E-state index in [4.69, 9.17) is 16.3 Å². The van der Waals surface area contributed by atoms with Crippen molar-refractivity contribution in [3.8, 4) is 0 Å². The van der Waals surface area contributed by atoms with Crippen LogP contribution in [0.2, 0.25) is 5.02 Å². The van der Waals surface area contributed by atoms with Crippen LogP contribution >= 0.6 is 11.6 Å². The van der Waals surface area contributed by atoms with Gasteiger partial charge in [0.05, 0.1) is 35.5 Å². The molecule has 1 aliphatic heterocycles. The van der Waals surface area contributed by atoms with E-state index in [-0.39, 0.29) is 11.3 Å². The number of aromatic nitrogens is 1. The highest BCUT2D eigenvalue weighted by Gasteiger charge is 2.46. The highest BCUT2D eigenvalue weighted by atomic mass is 35.5. The summed E-state index contributed by atoms with van der Waals surface area (Å²) >= 11 is 6.46. The number of amides is 1. The Morgan fingerprint density at radius 1 is 1.31 bits per heavy atom. The summed E-state index contributed by atoms with van der Waals surface area (Å²) in [5, 5.41) is 14.4. The zero-order valence-electron chi connectivity index (χ0n) is 17.1. The Kier molecular flexibility index (Phi) is 6.19. The van der Waals surface area contributed by atoms with Crippen LogP contribution < -0.4 is 5.32 Å². The maximum absolute atomic E-state index is 13.1. The predicted molar refractivity (Wildman–Crippen MR) is 116 cm³/mol. The van der Waals surface area contributed by atoms with Crippen LogP contribution in [0.25, 0.3) is 10.9 Å². The molecular formula is C23H31ClN2O3. The monoisotopic (exact) mass is 418 g/mol. The van der Waals surface area contributed by atoms with E-state index >= 15 is 0 Å². The normalized spacial score (nSPS) is 20.8. The molecule has 2 heterocycles. The van der Waals surface area contributed by atoms with Crippen molar-refractivity contribution in [3.63, 3.8) is 0 Å². The fourth-order valence-corrected chi connectivity index (χ4v) is 5.36. The summed E-state index contributed by atoms with van der Waals surface area (Å²) in [7, 11) is 0. The van der Waals surface area contributed by atoms with Crippen LogP contribution in [0.3, 0.4) is 0 Å². The van der Waals surface area contributed by atoms with E-state index in [0.29, 0.717) is 42.8 Å². The number of nitrogens with one attached hydrogen (secondary N) is 1. The third kappa shape index (κ3) is 4.32. The number of carbonyl (C=O) groups is 1. The molecule has 0 spiro atoms. The number of carbonyl (C=O) groups excluding carboxylic acids is 1. The number of hydrogen-bond donors (Lipinski definition) is 2. The summed E-state index contributed by atoms with van der Waals surface area (Å²) in [4.78, 5) is 13.1. The number of rotatable bonds is 6. The second-order valence-corrected chi connectivity index (χ2v) is 9.35. The summed E-state index contributed by atoms with van der Waals surface area (Å²) in [6.07, 6.45) is 9.43. The van der Waals surface area contributed by atoms with Crippen LogP contribution in [-0.2, 0) is 16.1 Å². The molecule has 1 unspecified atom stereocenters. The molecule has 1 amide bonds. The van der Waals surface area contributed by atoms with Gasteiger partial charge in [0, 0.05) is 30.0 Å². The Labute approximate surface area is 177 Å². The van der Waals surface area contributed by atoms with Gasteiger partial charge < -0.3 is 19.7 Å². The van der Waals surface area contributed by atoms with Gasteiger partial charge in [0.15, 0.2) is 0 Å². The van der Waals surface area contributed by atoms with Crippen molar-refractivity contribution >= 4 is 34.1 Å². The second kappa shape index (κ2) is 8.66. The number of halogens is 1. The summed E-state index contributed by atoms with van der Waals surface area (Å²) < 4.78 is 7.54. The molecule has 5 nitrogen and oxygen atoms in total. The molecular weight excluding hydrogens is 388 g/mol. The number of benzene rings is 1. The molecule has 1 aliphatic carbocycles. The van der Waals surface area contributed by atoms with E-state index in [0.717, 1.165) is 10.9 Å². The smallest absolute Gasteiger partial charge is 0.225 e. The van der Waals surface area contributed by atoms with E-state index < -0.39 is 6.10 Å². The Bertz CT molecular complexity index is 864. The number of fused-ring (bicyclic) bond motifs is 1. The van der Waals surface area contributed by atoms with Crippen LogP contribution in [-0.4, -0.2) is 34.9 Å². The lowest BCUT2D eigenvalue weighted by Crippen LogP contribution is -2.50. The lowest BCUT2D eigenvalue weighted by Gasteiger charge is -2.47. The van der Waals surface area contributed by atoms with Crippen molar-refractivity contribution < 1.29 is 14.6 Å². The van der Waals surface area contributed by atoms with Gasteiger partial charge in [0.1, 0.15) is 0 Å². The van der Waals surface area contributed by atoms with Gasteiger partial charge in [0.25, 0.3) is 0 Å². The molecule has 2 aromatic rings. The number of ether oxygens (including phenoxy) is 1. The van der Waals surface area contributed by atoms with Crippen LogP contribution in [0, 0.1) is 11.3 Å². The molecule has 1 atom stereocenters.